The van der Waals surface area contributed by atoms with E-state index in [9.17, 15) is 4.79 Å². The molecule has 80 valence electrons. The molecule has 2 unspecified atom stereocenters. The van der Waals surface area contributed by atoms with E-state index in [-0.39, 0.29) is 23.7 Å². The van der Waals surface area contributed by atoms with Crippen LogP contribution in [0.1, 0.15) is 20.8 Å². The van der Waals surface area contributed by atoms with E-state index in [1.807, 2.05) is 4.90 Å². The zero-order valence-corrected chi connectivity index (χ0v) is 8.92. The Morgan fingerprint density at radius 2 is 2.00 bits per heavy atom. The van der Waals surface area contributed by atoms with Crippen molar-refractivity contribution in [1.29, 1.82) is 0 Å². The molecule has 3 N–H and O–H groups in total. The number of amides is 1. The van der Waals surface area contributed by atoms with Crippen LogP contribution in [0.4, 0.5) is 0 Å². The summed E-state index contributed by atoms with van der Waals surface area (Å²) in [6.45, 7) is 7.48. The number of hydrogen-bond donors (Lipinski definition) is 3. The molecule has 2 fully saturated rings. The number of fused-ring (bicyclic) bond motifs is 1. The molecule has 0 saturated carbocycles. The predicted molar refractivity (Wildman–Crippen MR) is 53.3 cm³/mol. The molecule has 0 aromatic carbocycles. The van der Waals surface area contributed by atoms with Crippen LogP contribution in [-0.4, -0.2) is 41.9 Å². The van der Waals surface area contributed by atoms with Gasteiger partial charge in [0.1, 0.15) is 6.04 Å². The van der Waals surface area contributed by atoms with E-state index < -0.39 is 0 Å². The highest BCUT2D eigenvalue weighted by Gasteiger charge is 2.42. The number of carbonyl (C=O) groups excluding carboxylic acids is 1. The summed E-state index contributed by atoms with van der Waals surface area (Å²) in [5.41, 5.74) is -0.112. The smallest absolute Gasteiger partial charge is 0.244 e. The van der Waals surface area contributed by atoms with Gasteiger partial charge in [0, 0.05) is 12.2 Å². The highest BCUT2D eigenvalue weighted by Crippen LogP contribution is 2.18. The minimum absolute atomic E-state index is 0.0982. The molecule has 0 bridgehead atoms. The standard InChI is InChI=1S/C9H18N4O/c1-9(2,3)13-5-12-7-6(8(13)14)10-4-11-7/h6-7,10-12H,4-5H2,1-3H3. The van der Waals surface area contributed by atoms with Crippen molar-refractivity contribution in [3.63, 3.8) is 0 Å². The fourth-order valence-corrected chi connectivity index (χ4v) is 1.94. The van der Waals surface area contributed by atoms with Crippen LogP contribution >= 0.6 is 0 Å². The number of nitrogens with zero attached hydrogens (tertiary/aromatic N) is 1. The van der Waals surface area contributed by atoms with E-state index in [2.05, 4.69) is 36.7 Å². The molecule has 0 spiro atoms. The Balaban J connectivity index is 2.13. The van der Waals surface area contributed by atoms with Gasteiger partial charge in [0.05, 0.1) is 12.8 Å². The van der Waals surface area contributed by atoms with Crippen LogP contribution < -0.4 is 16.0 Å². The van der Waals surface area contributed by atoms with Gasteiger partial charge in [-0.1, -0.05) is 0 Å². The van der Waals surface area contributed by atoms with Gasteiger partial charge in [-0.3, -0.25) is 20.7 Å². The normalized spacial score (nSPS) is 33.4. The van der Waals surface area contributed by atoms with Crippen LogP contribution in [0.2, 0.25) is 0 Å². The lowest BCUT2D eigenvalue weighted by Gasteiger charge is -2.42. The number of nitrogens with one attached hydrogen (secondary N) is 3. The molecule has 5 heteroatoms. The first-order valence-electron chi connectivity index (χ1n) is 5.02. The lowest BCUT2D eigenvalue weighted by atomic mass is 10.0. The third-order valence-electron chi connectivity index (χ3n) is 2.79. The van der Waals surface area contributed by atoms with E-state index in [0.29, 0.717) is 13.3 Å². The summed E-state index contributed by atoms with van der Waals surface area (Å²) in [6, 6.07) is -0.108. The summed E-state index contributed by atoms with van der Waals surface area (Å²) in [7, 11) is 0. The summed E-state index contributed by atoms with van der Waals surface area (Å²) in [6.07, 6.45) is 0.0982. The van der Waals surface area contributed by atoms with E-state index >= 15 is 0 Å². The predicted octanol–water partition coefficient (Wildman–Crippen LogP) is -0.981. The summed E-state index contributed by atoms with van der Waals surface area (Å²) in [5, 5.41) is 9.64. The van der Waals surface area contributed by atoms with Gasteiger partial charge in [0.2, 0.25) is 5.91 Å². The van der Waals surface area contributed by atoms with Crippen LogP contribution in [-0.2, 0) is 4.79 Å². The van der Waals surface area contributed by atoms with Crippen LogP contribution in [0.15, 0.2) is 0 Å². The SMILES string of the molecule is CC(C)(C)N1CNC2NCNC2C1=O. The molecule has 2 rings (SSSR count). The summed E-state index contributed by atoms with van der Waals surface area (Å²) in [5.74, 6) is 0.186. The molecule has 0 aliphatic carbocycles. The molecular formula is C9H18N4O. The lowest BCUT2D eigenvalue weighted by molar-refractivity contribution is -0.142. The van der Waals surface area contributed by atoms with Gasteiger partial charge in [0.15, 0.2) is 0 Å². The minimum Gasteiger partial charge on any atom is -0.324 e. The molecule has 0 aromatic heterocycles. The average Bonchev–Trinajstić information content (AvgIpc) is 2.50. The molecule has 1 amide bonds. The zero-order chi connectivity index (χ0) is 10.3. The quantitative estimate of drug-likeness (QED) is 0.468. The average molecular weight is 198 g/mol. The molecule has 5 nitrogen and oxygen atoms in total. The van der Waals surface area contributed by atoms with Crippen LogP contribution in [0.5, 0.6) is 0 Å². The van der Waals surface area contributed by atoms with Crippen molar-refractivity contribution in [2.24, 2.45) is 0 Å². The van der Waals surface area contributed by atoms with Gasteiger partial charge in [-0.25, -0.2) is 0 Å². The number of carbonyl (C=O) groups is 1. The van der Waals surface area contributed by atoms with Crippen molar-refractivity contribution in [3.05, 3.63) is 0 Å². The van der Waals surface area contributed by atoms with Crippen molar-refractivity contribution in [1.82, 2.24) is 20.9 Å². The maximum Gasteiger partial charge on any atom is 0.244 e. The van der Waals surface area contributed by atoms with E-state index in [1.165, 1.54) is 0 Å². The van der Waals surface area contributed by atoms with Gasteiger partial charge in [-0.15, -0.1) is 0 Å². The Labute approximate surface area is 84.2 Å². The second-order valence-electron chi connectivity index (χ2n) is 4.84. The van der Waals surface area contributed by atoms with E-state index in [4.69, 9.17) is 0 Å². The maximum absolute atomic E-state index is 12.0. The van der Waals surface area contributed by atoms with Crippen molar-refractivity contribution in [3.8, 4) is 0 Å². The summed E-state index contributed by atoms with van der Waals surface area (Å²) in [4.78, 5) is 13.9. The van der Waals surface area contributed by atoms with Crippen molar-refractivity contribution < 1.29 is 4.79 Å². The Kier molecular flexibility index (Phi) is 2.25. The highest BCUT2D eigenvalue weighted by molar-refractivity contribution is 5.84. The van der Waals surface area contributed by atoms with Crippen molar-refractivity contribution >= 4 is 5.91 Å². The fourth-order valence-electron chi connectivity index (χ4n) is 1.94. The number of hydrogen-bond acceptors (Lipinski definition) is 4. The molecule has 2 saturated heterocycles. The van der Waals surface area contributed by atoms with Gasteiger partial charge in [-0.05, 0) is 20.8 Å². The maximum atomic E-state index is 12.0. The van der Waals surface area contributed by atoms with Gasteiger partial charge >= 0.3 is 0 Å². The minimum atomic E-state index is -0.112. The van der Waals surface area contributed by atoms with E-state index in [1.54, 1.807) is 0 Å². The van der Waals surface area contributed by atoms with Gasteiger partial charge in [-0.2, -0.15) is 0 Å². The topological polar surface area (TPSA) is 56.4 Å². The van der Waals surface area contributed by atoms with Crippen LogP contribution in [0, 0.1) is 0 Å². The van der Waals surface area contributed by atoms with Crippen molar-refractivity contribution in [2.75, 3.05) is 13.3 Å². The van der Waals surface area contributed by atoms with Crippen LogP contribution in [0.3, 0.4) is 0 Å². The van der Waals surface area contributed by atoms with Gasteiger partial charge < -0.3 is 4.90 Å². The largest absolute Gasteiger partial charge is 0.324 e. The second-order valence-corrected chi connectivity index (χ2v) is 4.84. The lowest BCUT2D eigenvalue weighted by Crippen LogP contribution is -2.66. The molecule has 14 heavy (non-hydrogen) atoms. The molecule has 2 aliphatic rings. The van der Waals surface area contributed by atoms with E-state index in [0.717, 1.165) is 0 Å². The summed E-state index contributed by atoms with van der Waals surface area (Å²) >= 11 is 0. The first-order chi connectivity index (χ1) is 6.50. The third-order valence-corrected chi connectivity index (χ3v) is 2.79. The Hall–Kier alpha value is -0.650. The first-order valence-corrected chi connectivity index (χ1v) is 5.02. The Morgan fingerprint density at radius 3 is 2.64 bits per heavy atom. The van der Waals surface area contributed by atoms with Gasteiger partial charge in [0.25, 0.3) is 0 Å². The molecule has 0 radical (unpaired) electrons. The second kappa shape index (κ2) is 3.18. The first kappa shape index (κ1) is 9.89. The zero-order valence-electron chi connectivity index (χ0n) is 8.92. The fraction of sp³-hybridized carbons (Fsp3) is 0.889. The number of rotatable bonds is 0. The van der Waals surface area contributed by atoms with Crippen LogP contribution in [0.25, 0.3) is 0 Å². The monoisotopic (exact) mass is 198 g/mol. The molecule has 2 atom stereocenters. The van der Waals surface area contributed by atoms with Crippen molar-refractivity contribution in [2.45, 2.75) is 38.5 Å². The summed E-state index contributed by atoms with van der Waals surface area (Å²) < 4.78 is 0. The molecular weight excluding hydrogens is 180 g/mol. The highest BCUT2D eigenvalue weighted by atomic mass is 16.2. The third kappa shape index (κ3) is 1.51. The molecule has 2 heterocycles. The Morgan fingerprint density at radius 1 is 1.29 bits per heavy atom. The molecule has 2 aliphatic heterocycles. The molecule has 0 aromatic rings. The Bertz CT molecular complexity index is 248.